The van der Waals surface area contributed by atoms with Crippen molar-refractivity contribution < 1.29 is 44.1 Å². The number of carbonyl (C=O) groups excluding carboxylic acids is 4. The van der Waals surface area contributed by atoms with Crippen LogP contribution >= 0.6 is 0 Å². The van der Waals surface area contributed by atoms with E-state index < -0.39 is 66.7 Å². The highest BCUT2D eigenvalue weighted by molar-refractivity contribution is 5.93. The highest BCUT2D eigenvalue weighted by atomic mass is 16.4. The van der Waals surface area contributed by atoms with E-state index >= 15 is 0 Å². The minimum atomic E-state index is -1.35. The predicted molar refractivity (Wildman–Crippen MR) is 120 cm³/mol. The van der Waals surface area contributed by atoms with Gasteiger partial charge in [0.2, 0.25) is 23.6 Å². The summed E-state index contributed by atoms with van der Waals surface area (Å²) in [4.78, 5) is 70.1. The summed E-state index contributed by atoms with van der Waals surface area (Å²) in [5, 5.41) is 34.3. The molecule has 192 valence electrons. The van der Waals surface area contributed by atoms with E-state index in [1.165, 1.54) is 24.3 Å². The first kappa shape index (κ1) is 28.8. The quantitative estimate of drug-likeness (QED) is 0.128. The van der Waals surface area contributed by atoms with Gasteiger partial charge < -0.3 is 42.7 Å². The lowest BCUT2D eigenvalue weighted by Crippen LogP contribution is -2.53. The lowest BCUT2D eigenvalue weighted by molar-refractivity contribution is -0.141. The number of hydrogen-bond acceptors (Lipinski definition) is 8. The summed E-state index contributed by atoms with van der Waals surface area (Å²) >= 11 is 0. The Hall–Kier alpha value is -4.20. The van der Waals surface area contributed by atoms with Gasteiger partial charge in [0.05, 0.1) is 12.6 Å². The first-order valence-corrected chi connectivity index (χ1v) is 10.5. The summed E-state index contributed by atoms with van der Waals surface area (Å²) in [7, 11) is 0. The van der Waals surface area contributed by atoms with Gasteiger partial charge in [-0.1, -0.05) is 12.1 Å². The Balaban J connectivity index is 2.70. The third-order valence-electron chi connectivity index (χ3n) is 4.75. The van der Waals surface area contributed by atoms with Gasteiger partial charge in [-0.25, -0.2) is 4.79 Å². The molecule has 0 aromatic heterocycles. The van der Waals surface area contributed by atoms with Crippen molar-refractivity contribution in [3.63, 3.8) is 0 Å². The molecule has 14 nitrogen and oxygen atoms in total. The number of carbonyl (C=O) groups is 6. The molecule has 0 bridgehead atoms. The minimum Gasteiger partial charge on any atom is -0.508 e. The molecule has 0 radical (unpaired) electrons. The Morgan fingerprint density at radius 2 is 1.49 bits per heavy atom. The Kier molecular flexibility index (Phi) is 11.7. The molecule has 0 heterocycles. The van der Waals surface area contributed by atoms with E-state index in [2.05, 4.69) is 16.0 Å². The number of carboxylic acid groups (broad SMARTS) is 2. The summed E-state index contributed by atoms with van der Waals surface area (Å²) in [5.74, 6) is -5.79. The van der Waals surface area contributed by atoms with E-state index in [1.54, 1.807) is 0 Å². The molecule has 0 aliphatic carbocycles. The SMILES string of the molecule is NC(=O)CCC(N)C(=O)NC(CCC(=O)O)C(=O)NCC(=O)NC(Cc1ccc(O)cc1)C(=O)O. The monoisotopic (exact) mass is 495 g/mol. The van der Waals surface area contributed by atoms with Crippen molar-refractivity contribution >= 4 is 35.6 Å². The van der Waals surface area contributed by atoms with Crippen molar-refractivity contribution in [2.45, 2.75) is 50.2 Å². The number of aromatic hydroxyl groups is 1. The van der Waals surface area contributed by atoms with Crippen molar-refractivity contribution in [1.29, 1.82) is 0 Å². The van der Waals surface area contributed by atoms with Crippen LogP contribution in [-0.4, -0.2) is 75.6 Å². The Morgan fingerprint density at radius 3 is 2.03 bits per heavy atom. The number of amides is 4. The fraction of sp³-hybridized carbons (Fsp3) is 0.429. The second-order valence-electron chi connectivity index (χ2n) is 7.65. The largest absolute Gasteiger partial charge is 0.508 e. The summed E-state index contributed by atoms with van der Waals surface area (Å²) in [6.07, 6.45) is -1.13. The van der Waals surface area contributed by atoms with Crippen LogP contribution in [0.3, 0.4) is 0 Å². The summed E-state index contributed by atoms with van der Waals surface area (Å²) in [6.45, 7) is -0.647. The Bertz CT molecular complexity index is 936. The third-order valence-corrected chi connectivity index (χ3v) is 4.75. The molecule has 0 spiro atoms. The fourth-order valence-electron chi connectivity index (χ4n) is 2.85. The van der Waals surface area contributed by atoms with Crippen LogP contribution < -0.4 is 27.4 Å². The zero-order valence-corrected chi connectivity index (χ0v) is 18.7. The van der Waals surface area contributed by atoms with Crippen molar-refractivity contribution in [2.24, 2.45) is 11.5 Å². The van der Waals surface area contributed by atoms with E-state index in [-0.39, 0.29) is 31.4 Å². The number of nitrogens with two attached hydrogens (primary N) is 2. The first-order valence-electron chi connectivity index (χ1n) is 10.5. The van der Waals surface area contributed by atoms with Crippen molar-refractivity contribution in [2.75, 3.05) is 6.54 Å². The lowest BCUT2D eigenvalue weighted by atomic mass is 10.1. The molecule has 0 aliphatic rings. The smallest absolute Gasteiger partial charge is 0.326 e. The van der Waals surface area contributed by atoms with Crippen molar-refractivity contribution in [3.8, 4) is 5.75 Å². The van der Waals surface area contributed by atoms with Gasteiger partial charge in [0, 0.05) is 19.3 Å². The van der Waals surface area contributed by atoms with Gasteiger partial charge in [0.25, 0.3) is 0 Å². The maximum atomic E-state index is 12.5. The zero-order chi connectivity index (χ0) is 26.5. The van der Waals surface area contributed by atoms with Gasteiger partial charge >= 0.3 is 11.9 Å². The van der Waals surface area contributed by atoms with Crippen LogP contribution in [-0.2, 0) is 35.2 Å². The number of hydrogen-bond donors (Lipinski definition) is 8. The normalized spacial score (nSPS) is 13.1. The standard InChI is InChI=1S/C21H29N5O9/c22-13(5-7-16(23)28)19(32)26-14(6-8-18(30)31)20(33)24-10-17(29)25-15(21(34)35)9-11-1-3-12(27)4-2-11/h1-4,13-15,27H,5-10,22H2,(H2,23,28)(H,24,33)(H,25,29)(H,26,32)(H,30,31)(H,34,35). The van der Waals surface area contributed by atoms with Gasteiger partial charge in [-0.2, -0.15) is 0 Å². The summed E-state index contributed by atoms with van der Waals surface area (Å²) in [6, 6.07) is 1.85. The second kappa shape index (κ2) is 14.1. The third kappa shape index (κ3) is 11.5. The van der Waals surface area contributed by atoms with Gasteiger partial charge in [-0.05, 0) is 30.5 Å². The van der Waals surface area contributed by atoms with E-state index in [1.807, 2.05) is 0 Å². The molecule has 1 rings (SSSR count). The number of nitrogens with one attached hydrogen (secondary N) is 3. The Labute approximate surface area is 200 Å². The average molecular weight is 495 g/mol. The number of rotatable bonds is 15. The van der Waals surface area contributed by atoms with Gasteiger partial charge in [0.1, 0.15) is 17.8 Å². The number of phenolic OH excluding ortho intramolecular Hbond substituents is 1. The molecule has 0 aliphatic heterocycles. The molecule has 0 saturated heterocycles. The highest BCUT2D eigenvalue weighted by Crippen LogP contribution is 2.11. The molecular formula is C21H29N5O9. The van der Waals surface area contributed by atoms with E-state index in [9.17, 15) is 39.0 Å². The lowest BCUT2D eigenvalue weighted by Gasteiger charge is -2.20. The predicted octanol–water partition coefficient (Wildman–Crippen LogP) is -2.44. The molecule has 0 fully saturated rings. The van der Waals surface area contributed by atoms with E-state index in [4.69, 9.17) is 16.6 Å². The molecule has 3 unspecified atom stereocenters. The molecule has 0 saturated carbocycles. The summed E-state index contributed by atoms with van der Waals surface area (Å²) < 4.78 is 0. The van der Waals surface area contributed by atoms with Gasteiger partial charge in [-0.15, -0.1) is 0 Å². The second-order valence-corrected chi connectivity index (χ2v) is 7.65. The molecule has 1 aromatic carbocycles. The van der Waals surface area contributed by atoms with Crippen LogP contribution in [0.1, 0.15) is 31.2 Å². The maximum Gasteiger partial charge on any atom is 0.326 e. The number of aliphatic carboxylic acids is 2. The van der Waals surface area contributed by atoms with Crippen LogP contribution in [0.15, 0.2) is 24.3 Å². The van der Waals surface area contributed by atoms with E-state index in [0.29, 0.717) is 5.56 Å². The van der Waals surface area contributed by atoms with Crippen molar-refractivity contribution in [1.82, 2.24) is 16.0 Å². The van der Waals surface area contributed by atoms with Crippen LogP contribution in [0.5, 0.6) is 5.75 Å². The molecule has 4 amide bonds. The number of benzene rings is 1. The Morgan fingerprint density at radius 1 is 0.857 bits per heavy atom. The number of primary amides is 1. The van der Waals surface area contributed by atoms with Crippen LogP contribution in [0.25, 0.3) is 0 Å². The molecule has 35 heavy (non-hydrogen) atoms. The van der Waals surface area contributed by atoms with Crippen LogP contribution in [0.4, 0.5) is 0 Å². The fourth-order valence-corrected chi connectivity index (χ4v) is 2.85. The average Bonchev–Trinajstić information content (AvgIpc) is 2.79. The van der Waals surface area contributed by atoms with E-state index in [0.717, 1.165) is 0 Å². The van der Waals surface area contributed by atoms with Gasteiger partial charge in [-0.3, -0.25) is 24.0 Å². The van der Waals surface area contributed by atoms with Crippen LogP contribution in [0.2, 0.25) is 0 Å². The zero-order valence-electron chi connectivity index (χ0n) is 18.7. The number of phenols is 1. The molecule has 1 aromatic rings. The summed E-state index contributed by atoms with van der Waals surface area (Å²) in [5.41, 5.74) is 11.2. The topological polar surface area (TPSA) is 251 Å². The molecule has 14 heteroatoms. The molecular weight excluding hydrogens is 466 g/mol. The van der Waals surface area contributed by atoms with Crippen LogP contribution in [0, 0.1) is 0 Å². The first-order chi connectivity index (χ1) is 16.4. The molecule has 3 atom stereocenters. The number of carboxylic acids is 2. The van der Waals surface area contributed by atoms with Gasteiger partial charge in [0.15, 0.2) is 0 Å². The van der Waals surface area contributed by atoms with Crippen molar-refractivity contribution in [3.05, 3.63) is 29.8 Å². The highest BCUT2D eigenvalue weighted by Gasteiger charge is 2.26. The minimum absolute atomic E-state index is 0.00857. The maximum absolute atomic E-state index is 12.5. The molecule has 10 N–H and O–H groups in total.